The largest absolute Gasteiger partial charge is 0.480 e. The average Bonchev–Trinajstić information content (AvgIpc) is 3.16. The fourth-order valence-electron chi connectivity index (χ4n) is 6.16. The topological polar surface area (TPSA) is 92.7 Å². The molecule has 0 spiro atoms. The molecule has 6 heteroatoms. The van der Waals surface area contributed by atoms with E-state index in [1.807, 2.05) is 0 Å². The lowest BCUT2D eigenvalue weighted by molar-refractivity contribution is -0.150. The number of carboxylic acids is 1. The zero-order valence-electron chi connectivity index (χ0n) is 34.8. The summed E-state index contributed by atoms with van der Waals surface area (Å²) in [5.41, 5.74) is 0. The fourth-order valence-corrected chi connectivity index (χ4v) is 6.16. The van der Waals surface area contributed by atoms with Crippen LogP contribution < -0.4 is 5.32 Å². The summed E-state index contributed by atoms with van der Waals surface area (Å²) in [6, 6.07) is 0. The van der Waals surface area contributed by atoms with Crippen LogP contribution in [0.5, 0.6) is 0 Å². The third-order valence-electron chi connectivity index (χ3n) is 9.39. The van der Waals surface area contributed by atoms with Crippen molar-refractivity contribution in [1.82, 2.24) is 5.32 Å². The maximum Gasteiger partial charge on any atom is 0.322 e. The summed E-state index contributed by atoms with van der Waals surface area (Å²) >= 11 is 0. The van der Waals surface area contributed by atoms with Crippen LogP contribution in [0, 0.1) is 0 Å². The summed E-state index contributed by atoms with van der Waals surface area (Å²) in [4.78, 5) is 35.0. The van der Waals surface area contributed by atoms with Crippen molar-refractivity contribution >= 4 is 17.8 Å². The van der Waals surface area contributed by atoms with Gasteiger partial charge in [-0.05, 0) is 89.9 Å². The van der Waals surface area contributed by atoms with Crippen molar-refractivity contribution in [2.75, 3.05) is 6.54 Å². The lowest BCUT2D eigenvalue weighted by Gasteiger charge is -2.18. The van der Waals surface area contributed by atoms with Crippen LogP contribution in [0.4, 0.5) is 0 Å². The Balaban J connectivity index is 4.12. The molecule has 0 aromatic carbocycles. The van der Waals surface area contributed by atoms with E-state index in [9.17, 15) is 14.4 Å². The molecule has 308 valence electrons. The standard InChI is InChI=1S/C48H81NO5/c1-3-5-7-9-11-13-14-15-16-17-18-19-20-21-22-23-24-25-26-28-30-35-39-43-48(53)54-45(40-36-32-29-27-12-10-8-6-4-2)41-37-33-31-34-38-42-46(50)49-44-47(51)52/h5,7,11,13,15-16,18-19,21-22,24-25,45H,3-4,6,8-10,12,14,17,20,23,26-44H2,1-2H3,(H,49,50)(H,51,52)/b7-5-,13-11-,16-15-,19-18-,22-21-,25-24-. The Kier molecular flexibility index (Phi) is 40.1. The molecule has 0 heterocycles. The van der Waals surface area contributed by atoms with E-state index >= 15 is 0 Å². The van der Waals surface area contributed by atoms with E-state index in [2.05, 4.69) is 92.1 Å². The quantitative estimate of drug-likeness (QED) is 0.0371. The zero-order valence-corrected chi connectivity index (χ0v) is 34.8. The maximum absolute atomic E-state index is 12.7. The number of hydrogen-bond acceptors (Lipinski definition) is 4. The first-order chi connectivity index (χ1) is 26.5. The SMILES string of the molecule is CC/C=C\C/C=C\C/C=C\C/C=C\C/C=C\C/C=C\CCCCCCC(=O)OC(CCCCCCCCCCC)CCCCCCCC(=O)NCC(=O)O. The molecule has 0 fully saturated rings. The number of carbonyl (C=O) groups excluding carboxylic acids is 2. The number of carboxylic acid groups (broad SMARTS) is 1. The van der Waals surface area contributed by atoms with Gasteiger partial charge >= 0.3 is 11.9 Å². The van der Waals surface area contributed by atoms with E-state index in [0.29, 0.717) is 12.8 Å². The number of allylic oxidation sites excluding steroid dienone is 12. The highest BCUT2D eigenvalue weighted by Crippen LogP contribution is 2.19. The van der Waals surface area contributed by atoms with Gasteiger partial charge in [-0.15, -0.1) is 0 Å². The second-order valence-corrected chi connectivity index (χ2v) is 14.6. The van der Waals surface area contributed by atoms with Gasteiger partial charge in [0, 0.05) is 12.8 Å². The number of aliphatic carboxylic acids is 1. The first-order valence-corrected chi connectivity index (χ1v) is 22.1. The normalized spacial score (nSPS) is 12.8. The van der Waals surface area contributed by atoms with Crippen molar-refractivity contribution in [2.24, 2.45) is 0 Å². The molecule has 0 radical (unpaired) electrons. The molecule has 54 heavy (non-hydrogen) atoms. The molecular weight excluding hydrogens is 671 g/mol. The molecule has 0 aliphatic heterocycles. The molecule has 0 aliphatic rings. The molecular formula is C48H81NO5. The highest BCUT2D eigenvalue weighted by Gasteiger charge is 2.14. The molecule has 2 N–H and O–H groups in total. The molecule has 0 saturated carbocycles. The number of carbonyl (C=O) groups is 3. The Bertz CT molecular complexity index is 1050. The van der Waals surface area contributed by atoms with E-state index < -0.39 is 5.97 Å². The van der Waals surface area contributed by atoms with Crippen molar-refractivity contribution in [3.8, 4) is 0 Å². The van der Waals surface area contributed by atoms with Gasteiger partial charge in [-0.25, -0.2) is 0 Å². The molecule has 0 aromatic rings. The highest BCUT2D eigenvalue weighted by atomic mass is 16.5. The van der Waals surface area contributed by atoms with Crippen molar-refractivity contribution < 1.29 is 24.2 Å². The summed E-state index contributed by atoms with van der Waals surface area (Å²) in [6.45, 7) is 4.10. The number of rotatable bonds is 39. The van der Waals surface area contributed by atoms with Crippen LogP contribution in [0.15, 0.2) is 72.9 Å². The third kappa shape index (κ3) is 41.6. The molecule has 1 amide bonds. The number of ether oxygens (including phenoxy) is 1. The number of unbranched alkanes of at least 4 members (excludes halogenated alkanes) is 16. The van der Waals surface area contributed by atoms with Gasteiger partial charge in [0.15, 0.2) is 0 Å². The minimum absolute atomic E-state index is 0.0111. The van der Waals surface area contributed by atoms with Gasteiger partial charge in [0.2, 0.25) is 5.91 Å². The number of hydrogen-bond donors (Lipinski definition) is 2. The van der Waals surface area contributed by atoms with Crippen molar-refractivity contribution in [1.29, 1.82) is 0 Å². The van der Waals surface area contributed by atoms with Gasteiger partial charge in [-0.2, -0.15) is 0 Å². The predicted octanol–water partition coefficient (Wildman–Crippen LogP) is 13.8. The zero-order chi connectivity index (χ0) is 39.4. The van der Waals surface area contributed by atoms with Crippen LogP contribution in [0.3, 0.4) is 0 Å². The second kappa shape index (κ2) is 42.6. The Hall–Kier alpha value is -3.15. The monoisotopic (exact) mass is 752 g/mol. The number of nitrogens with one attached hydrogen (secondary N) is 1. The Morgan fingerprint density at radius 3 is 1.39 bits per heavy atom. The smallest absolute Gasteiger partial charge is 0.322 e. The first-order valence-electron chi connectivity index (χ1n) is 22.1. The van der Waals surface area contributed by atoms with E-state index in [-0.39, 0.29) is 24.5 Å². The molecule has 0 saturated heterocycles. The minimum atomic E-state index is -1.02. The minimum Gasteiger partial charge on any atom is -0.480 e. The van der Waals surface area contributed by atoms with Crippen LogP contribution in [0.25, 0.3) is 0 Å². The van der Waals surface area contributed by atoms with Gasteiger partial charge in [-0.3, -0.25) is 14.4 Å². The van der Waals surface area contributed by atoms with Gasteiger partial charge in [-0.1, -0.05) is 170 Å². The third-order valence-corrected chi connectivity index (χ3v) is 9.39. The van der Waals surface area contributed by atoms with E-state index in [0.717, 1.165) is 122 Å². The fraction of sp³-hybridized carbons (Fsp3) is 0.688. The summed E-state index contributed by atoms with van der Waals surface area (Å²) in [6.07, 6.45) is 57.4. The van der Waals surface area contributed by atoms with Gasteiger partial charge in [0.05, 0.1) is 0 Å². The summed E-state index contributed by atoms with van der Waals surface area (Å²) in [7, 11) is 0. The second-order valence-electron chi connectivity index (χ2n) is 14.6. The molecule has 0 aromatic heterocycles. The molecule has 6 nitrogen and oxygen atoms in total. The molecule has 1 unspecified atom stereocenters. The summed E-state index contributed by atoms with van der Waals surface area (Å²) in [5.74, 6) is -1.26. The van der Waals surface area contributed by atoms with Crippen LogP contribution in [-0.2, 0) is 19.1 Å². The van der Waals surface area contributed by atoms with Crippen LogP contribution in [0.2, 0.25) is 0 Å². The Labute approximate surface area is 332 Å². The average molecular weight is 752 g/mol. The van der Waals surface area contributed by atoms with Gasteiger partial charge < -0.3 is 15.2 Å². The highest BCUT2D eigenvalue weighted by molar-refractivity contribution is 5.80. The number of esters is 1. The van der Waals surface area contributed by atoms with Crippen LogP contribution in [0.1, 0.15) is 200 Å². The Morgan fingerprint density at radius 1 is 0.500 bits per heavy atom. The molecule has 1 atom stereocenters. The van der Waals surface area contributed by atoms with Crippen LogP contribution >= 0.6 is 0 Å². The molecule has 0 bridgehead atoms. The van der Waals surface area contributed by atoms with Gasteiger partial charge in [0.1, 0.15) is 12.6 Å². The van der Waals surface area contributed by atoms with Crippen molar-refractivity contribution in [3.63, 3.8) is 0 Å². The number of amides is 1. The van der Waals surface area contributed by atoms with Gasteiger partial charge in [0.25, 0.3) is 0 Å². The van der Waals surface area contributed by atoms with E-state index in [1.165, 1.54) is 51.4 Å². The van der Waals surface area contributed by atoms with Crippen molar-refractivity contribution in [3.05, 3.63) is 72.9 Å². The van der Waals surface area contributed by atoms with Crippen LogP contribution in [-0.4, -0.2) is 35.6 Å². The lowest BCUT2D eigenvalue weighted by atomic mass is 10.0. The Morgan fingerprint density at radius 2 is 0.907 bits per heavy atom. The van der Waals surface area contributed by atoms with Crippen molar-refractivity contribution in [2.45, 2.75) is 206 Å². The predicted molar refractivity (Wildman–Crippen MR) is 231 cm³/mol. The maximum atomic E-state index is 12.7. The van der Waals surface area contributed by atoms with E-state index in [1.54, 1.807) is 0 Å². The van der Waals surface area contributed by atoms with E-state index in [4.69, 9.17) is 9.84 Å². The lowest BCUT2D eigenvalue weighted by Crippen LogP contribution is -2.28. The first kappa shape index (κ1) is 50.9. The summed E-state index contributed by atoms with van der Waals surface area (Å²) in [5, 5.41) is 11.1. The molecule has 0 rings (SSSR count). The molecule has 0 aliphatic carbocycles. The summed E-state index contributed by atoms with van der Waals surface area (Å²) < 4.78 is 6.01.